The number of anilines is 2. The molecule has 1 heterocycles. The zero-order chi connectivity index (χ0) is 12.4. The standard InChI is InChI=1S/C12H18ClN3O/c1-16(10-4-2-3-5-11(10)17)12-9(13)6-8(14)7-15-12/h6-7,10-11,17H,2-5,14H2,1H3. The summed E-state index contributed by atoms with van der Waals surface area (Å²) in [6.45, 7) is 0. The minimum absolute atomic E-state index is 0.0948. The number of aliphatic hydroxyl groups is 1. The first-order valence-electron chi connectivity index (χ1n) is 5.91. The van der Waals surface area contributed by atoms with Crippen molar-refractivity contribution in [1.82, 2.24) is 4.98 Å². The van der Waals surface area contributed by atoms with E-state index in [0.717, 1.165) is 25.7 Å². The fourth-order valence-electron chi connectivity index (χ4n) is 2.41. The zero-order valence-corrected chi connectivity index (χ0v) is 10.7. The van der Waals surface area contributed by atoms with Gasteiger partial charge in [0.2, 0.25) is 0 Å². The second kappa shape index (κ2) is 5.10. The third kappa shape index (κ3) is 2.64. The number of nitrogen functional groups attached to an aromatic ring is 1. The molecular weight excluding hydrogens is 238 g/mol. The predicted octanol–water partition coefficient (Wildman–Crippen LogP) is 2.06. The Labute approximate surface area is 106 Å². The highest BCUT2D eigenvalue weighted by Crippen LogP contribution is 2.30. The second-order valence-corrected chi connectivity index (χ2v) is 5.01. The third-order valence-corrected chi connectivity index (χ3v) is 3.65. The molecule has 0 amide bonds. The van der Waals surface area contributed by atoms with Gasteiger partial charge in [-0.05, 0) is 18.9 Å². The van der Waals surface area contributed by atoms with Gasteiger partial charge in [-0.3, -0.25) is 0 Å². The Morgan fingerprint density at radius 1 is 1.47 bits per heavy atom. The van der Waals surface area contributed by atoms with Crippen LogP contribution in [0.15, 0.2) is 12.3 Å². The van der Waals surface area contributed by atoms with E-state index in [-0.39, 0.29) is 12.1 Å². The molecule has 1 fully saturated rings. The lowest BCUT2D eigenvalue weighted by molar-refractivity contribution is 0.106. The van der Waals surface area contributed by atoms with Gasteiger partial charge in [0.25, 0.3) is 0 Å². The molecule has 2 rings (SSSR count). The van der Waals surface area contributed by atoms with E-state index in [9.17, 15) is 5.11 Å². The van der Waals surface area contributed by atoms with Crippen LogP contribution in [0.5, 0.6) is 0 Å². The van der Waals surface area contributed by atoms with E-state index in [1.54, 1.807) is 12.3 Å². The second-order valence-electron chi connectivity index (χ2n) is 4.60. The van der Waals surface area contributed by atoms with Crippen molar-refractivity contribution in [2.45, 2.75) is 37.8 Å². The number of rotatable bonds is 2. The van der Waals surface area contributed by atoms with Crippen LogP contribution in [-0.2, 0) is 0 Å². The van der Waals surface area contributed by atoms with E-state index in [1.807, 2.05) is 11.9 Å². The third-order valence-electron chi connectivity index (χ3n) is 3.37. The number of likely N-dealkylation sites (N-methyl/N-ethyl adjacent to an activating group) is 1. The van der Waals surface area contributed by atoms with Gasteiger partial charge >= 0.3 is 0 Å². The van der Waals surface area contributed by atoms with Crippen molar-refractivity contribution in [3.05, 3.63) is 17.3 Å². The summed E-state index contributed by atoms with van der Waals surface area (Å²) in [6.07, 6.45) is 5.34. The first kappa shape index (κ1) is 12.5. The number of nitrogens with zero attached hydrogens (tertiary/aromatic N) is 2. The Balaban J connectivity index is 2.20. The maximum absolute atomic E-state index is 10.0. The molecule has 0 aromatic carbocycles. The van der Waals surface area contributed by atoms with Crippen LogP contribution in [-0.4, -0.2) is 29.3 Å². The minimum atomic E-state index is -0.302. The molecule has 0 aliphatic heterocycles. The summed E-state index contributed by atoms with van der Waals surface area (Å²) in [6, 6.07) is 1.78. The maximum atomic E-state index is 10.0. The van der Waals surface area contributed by atoms with Crippen LogP contribution in [0.25, 0.3) is 0 Å². The zero-order valence-electron chi connectivity index (χ0n) is 9.93. The maximum Gasteiger partial charge on any atom is 0.147 e. The smallest absolute Gasteiger partial charge is 0.147 e. The van der Waals surface area contributed by atoms with Crippen LogP contribution in [0.1, 0.15) is 25.7 Å². The largest absolute Gasteiger partial charge is 0.397 e. The minimum Gasteiger partial charge on any atom is -0.397 e. The molecule has 1 aromatic rings. The lowest BCUT2D eigenvalue weighted by atomic mass is 9.91. The van der Waals surface area contributed by atoms with Crippen molar-refractivity contribution in [2.24, 2.45) is 0 Å². The predicted molar refractivity (Wildman–Crippen MR) is 70.3 cm³/mol. The van der Waals surface area contributed by atoms with Crippen molar-refractivity contribution < 1.29 is 5.11 Å². The van der Waals surface area contributed by atoms with Gasteiger partial charge in [0.15, 0.2) is 0 Å². The highest BCUT2D eigenvalue weighted by molar-refractivity contribution is 6.33. The molecule has 4 nitrogen and oxygen atoms in total. The monoisotopic (exact) mass is 255 g/mol. The van der Waals surface area contributed by atoms with Gasteiger partial charge in [0.1, 0.15) is 5.82 Å². The van der Waals surface area contributed by atoms with Crippen LogP contribution in [0.2, 0.25) is 5.02 Å². The van der Waals surface area contributed by atoms with E-state index < -0.39 is 0 Å². The topological polar surface area (TPSA) is 62.4 Å². The van der Waals surface area contributed by atoms with Crippen LogP contribution < -0.4 is 10.6 Å². The molecule has 1 aliphatic carbocycles. The van der Waals surface area contributed by atoms with E-state index in [4.69, 9.17) is 17.3 Å². The highest BCUT2D eigenvalue weighted by atomic mass is 35.5. The lowest BCUT2D eigenvalue weighted by Gasteiger charge is -2.36. The van der Waals surface area contributed by atoms with E-state index in [0.29, 0.717) is 16.5 Å². The fourth-order valence-corrected chi connectivity index (χ4v) is 2.71. The summed E-state index contributed by atoms with van der Waals surface area (Å²) in [5, 5.41) is 10.5. The van der Waals surface area contributed by atoms with E-state index in [2.05, 4.69) is 4.98 Å². The molecule has 5 heteroatoms. The van der Waals surface area contributed by atoms with Crippen molar-refractivity contribution in [3.8, 4) is 0 Å². The summed E-state index contributed by atoms with van der Waals surface area (Å²) >= 11 is 6.13. The quantitative estimate of drug-likeness (QED) is 0.849. The van der Waals surface area contributed by atoms with Gasteiger partial charge in [-0.1, -0.05) is 24.4 Å². The molecule has 0 saturated heterocycles. The summed E-state index contributed by atoms with van der Waals surface area (Å²) in [7, 11) is 1.92. The Bertz CT molecular complexity index is 399. The molecule has 0 bridgehead atoms. The van der Waals surface area contributed by atoms with Gasteiger partial charge in [0.05, 0.1) is 29.1 Å². The average Bonchev–Trinajstić information content (AvgIpc) is 2.29. The molecule has 1 aromatic heterocycles. The summed E-state index contributed by atoms with van der Waals surface area (Å²) < 4.78 is 0. The SMILES string of the molecule is CN(c1ncc(N)cc1Cl)C1CCCCC1O. The molecule has 1 aliphatic rings. The molecule has 3 N–H and O–H groups in total. The molecular formula is C12H18ClN3O. The number of nitrogens with two attached hydrogens (primary N) is 1. The average molecular weight is 256 g/mol. The summed E-state index contributed by atoms with van der Waals surface area (Å²) in [4.78, 5) is 6.21. The Morgan fingerprint density at radius 3 is 2.82 bits per heavy atom. The van der Waals surface area contributed by atoms with Crippen molar-refractivity contribution >= 4 is 23.1 Å². The van der Waals surface area contributed by atoms with Crippen LogP contribution in [0.3, 0.4) is 0 Å². The number of hydrogen-bond donors (Lipinski definition) is 2. The molecule has 0 spiro atoms. The Morgan fingerprint density at radius 2 is 2.18 bits per heavy atom. The highest BCUT2D eigenvalue weighted by Gasteiger charge is 2.28. The Hall–Kier alpha value is -1.00. The van der Waals surface area contributed by atoms with Gasteiger partial charge in [-0.2, -0.15) is 0 Å². The van der Waals surface area contributed by atoms with Crippen LogP contribution >= 0.6 is 11.6 Å². The first-order valence-corrected chi connectivity index (χ1v) is 6.29. The van der Waals surface area contributed by atoms with Gasteiger partial charge in [-0.15, -0.1) is 0 Å². The van der Waals surface area contributed by atoms with E-state index in [1.165, 1.54) is 0 Å². The Kier molecular flexibility index (Phi) is 3.74. The lowest BCUT2D eigenvalue weighted by Crippen LogP contribution is -2.43. The normalized spacial score (nSPS) is 24.6. The van der Waals surface area contributed by atoms with Crippen LogP contribution in [0.4, 0.5) is 11.5 Å². The van der Waals surface area contributed by atoms with Gasteiger partial charge in [-0.25, -0.2) is 4.98 Å². The molecule has 94 valence electrons. The molecule has 17 heavy (non-hydrogen) atoms. The van der Waals surface area contributed by atoms with Crippen LogP contribution in [0, 0.1) is 0 Å². The van der Waals surface area contributed by atoms with Gasteiger partial charge in [0, 0.05) is 7.05 Å². The van der Waals surface area contributed by atoms with E-state index >= 15 is 0 Å². The first-order chi connectivity index (χ1) is 8.09. The summed E-state index contributed by atoms with van der Waals surface area (Å²) in [5.41, 5.74) is 6.17. The van der Waals surface area contributed by atoms with Crippen molar-refractivity contribution in [2.75, 3.05) is 17.7 Å². The molecule has 1 saturated carbocycles. The van der Waals surface area contributed by atoms with Crippen molar-refractivity contribution in [1.29, 1.82) is 0 Å². The number of pyridine rings is 1. The van der Waals surface area contributed by atoms with Crippen molar-refractivity contribution in [3.63, 3.8) is 0 Å². The summed E-state index contributed by atoms with van der Waals surface area (Å²) in [5.74, 6) is 0.687. The molecule has 2 unspecified atom stereocenters. The number of aliphatic hydroxyl groups excluding tert-OH is 1. The molecule has 0 radical (unpaired) electrons. The molecule has 2 atom stereocenters. The number of aromatic nitrogens is 1. The fraction of sp³-hybridized carbons (Fsp3) is 0.583. The number of hydrogen-bond acceptors (Lipinski definition) is 4. The van der Waals surface area contributed by atoms with Gasteiger partial charge < -0.3 is 15.7 Å². The number of halogens is 1.